The highest BCUT2D eigenvalue weighted by atomic mass is 32.2. The van der Waals surface area contributed by atoms with Gasteiger partial charge in [-0.05, 0) is 30.1 Å². The van der Waals surface area contributed by atoms with E-state index in [2.05, 4.69) is 0 Å². The van der Waals surface area contributed by atoms with Crippen molar-refractivity contribution in [2.45, 2.75) is 33.2 Å². The molecule has 1 aromatic rings. The number of amides is 1. The maximum atomic E-state index is 12.7. The molecule has 4 nitrogen and oxygen atoms in total. The van der Waals surface area contributed by atoms with Gasteiger partial charge in [0.25, 0.3) is 5.91 Å². The molecule has 0 aliphatic carbocycles. The number of hydrogen-bond donors (Lipinski definition) is 0. The molecule has 0 aromatic heterocycles. The van der Waals surface area contributed by atoms with E-state index in [1.54, 1.807) is 13.0 Å². The largest absolute Gasteiger partial charge is 0.548 e. The maximum absolute atomic E-state index is 12.7. The average Bonchev–Trinajstić information content (AvgIpc) is 2.83. The lowest BCUT2D eigenvalue weighted by Crippen LogP contribution is -2.53. The summed E-state index contributed by atoms with van der Waals surface area (Å²) in [6, 6.07) is 8.72. The first kappa shape index (κ1) is 19.4. The molecular weight excluding hydrogens is 354 g/mol. The molecule has 1 aliphatic rings. The second-order valence-electron chi connectivity index (χ2n) is 6.00. The van der Waals surface area contributed by atoms with Crippen LogP contribution in [0.25, 0.3) is 6.08 Å². The first-order chi connectivity index (χ1) is 11.8. The Kier molecular flexibility index (Phi) is 6.56. The lowest BCUT2D eigenvalue weighted by Gasteiger charge is -2.32. The zero-order chi connectivity index (χ0) is 18.6. The van der Waals surface area contributed by atoms with Crippen molar-refractivity contribution >= 4 is 46.3 Å². The van der Waals surface area contributed by atoms with Crippen molar-refractivity contribution in [1.29, 1.82) is 0 Å². The number of nitrogens with zero attached hydrogens (tertiary/aromatic N) is 1. The predicted molar refractivity (Wildman–Crippen MR) is 103 cm³/mol. The monoisotopic (exact) mass is 374 g/mol. The number of thioether (sulfide) groups is 1. The first-order valence-corrected chi connectivity index (χ1v) is 9.29. The summed E-state index contributed by atoms with van der Waals surface area (Å²) in [5.41, 5.74) is 1.92. The molecule has 1 aliphatic heterocycles. The molecule has 2 rings (SSSR count). The molecule has 1 aromatic carbocycles. The standard InChI is InChI=1S/C19H21NO3S2/c1-4-13(3)16(18(22)23)20-17(21)15(25-19(20)24)11-12(2)10-14-8-6-5-7-9-14/h5-11,13,16H,4H2,1-3H3,(H,22,23)/p-1/b12-10+,15-11-/t13-,16-/m1/s1. The van der Waals surface area contributed by atoms with Crippen LogP contribution in [0.1, 0.15) is 32.8 Å². The molecule has 1 heterocycles. The second kappa shape index (κ2) is 8.45. The molecule has 0 spiro atoms. The van der Waals surface area contributed by atoms with Crippen LogP contribution in [0.5, 0.6) is 0 Å². The Morgan fingerprint density at radius 3 is 2.56 bits per heavy atom. The van der Waals surface area contributed by atoms with Gasteiger partial charge in [0, 0.05) is 0 Å². The highest BCUT2D eigenvalue weighted by Gasteiger charge is 2.39. The number of aliphatic carboxylic acids is 1. The smallest absolute Gasteiger partial charge is 0.266 e. The van der Waals surface area contributed by atoms with Gasteiger partial charge in [0.1, 0.15) is 4.32 Å². The number of carboxylic acid groups (broad SMARTS) is 1. The fraction of sp³-hybridized carbons (Fsp3) is 0.316. The molecule has 1 fully saturated rings. The average molecular weight is 375 g/mol. The second-order valence-corrected chi connectivity index (χ2v) is 7.68. The fourth-order valence-corrected chi connectivity index (χ4v) is 3.97. The number of allylic oxidation sites excluding steroid dienone is 2. The summed E-state index contributed by atoms with van der Waals surface area (Å²) in [5, 5.41) is 11.5. The minimum atomic E-state index is -1.27. The van der Waals surface area contributed by atoms with E-state index in [9.17, 15) is 14.7 Å². The molecule has 0 N–H and O–H groups in total. The Hall–Kier alpha value is -1.92. The van der Waals surface area contributed by atoms with Gasteiger partial charge < -0.3 is 9.90 Å². The van der Waals surface area contributed by atoms with Crippen molar-refractivity contribution in [3.05, 3.63) is 52.4 Å². The number of carbonyl (C=O) groups is 2. The van der Waals surface area contributed by atoms with Crippen LogP contribution in [0.4, 0.5) is 0 Å². The summed E-state index contributed by atoms with van der Waals surface area (Å²) in [7, 11) is 0. The lowest BCUT2D eigenvalue weighted by molar-refractivity contribution is -0.311. The fourth-order valence-electron chi connectivity index (χ4n) is 2.60. The molecule has 6 heteroatoms. The summed E-state index contributed by atoms with van der Waals surface area (Å²) in [5.74, 6) is -1.89. The van der Waals surface area contributed by atoms with E-state index in [1.165, 1.54) is 4.90 Å². The Morgan fingerprint density at radius 2 is 2.00 bits per heavy atom. The van der Waals surface area contributed by atoms with Gasteiger partial charge in [-0.1, -0.05) is 80.7 Å². The Bertz CT molecular complexity index is 740. The lowest BCUT2D eigenvalue weighted by atomic mass is 9.98. The molecule has 2 atom stereocenters. The number of thiocarbonyl (C=S) groups is 1. The SMILES string of the molecule is CC[C@@H](C)[C@H](C(=O)[O-])N1C(=O)/C(=C/C(C)=C/c2ccccc2)SC1=S. The van der Waals surface area contributed by atoms with E-state index in [4.69, 9.17) is 12.2 Å². The highest BCUT2D eigenvalue weighted by molar-refractivity contribution is 8.26. The Labute approximate surface area is 157 Å². The first-order valence-electron chi connectivity index (χ1n) is 8.06. The summed E-state index contributed by atoms with van der Waals surface area (Å²) in [6.45, 7) is 5.55. The molecule has 1 amide bonds. The zero-order valence-corrected chi connectivity index (χ0v) is 16.0. The molecule has 25 heavy (non-hydrogen) atoms. The third kappa shape index (κ3) is 4.58. The number of carboxylic acids is 1. The minimum Gasteiger partial charge on any atom is -0.548 e. The van der Waals surface area contributed by atoms with Crippen molar-refractivity contribution in [3.63, 3.8) is 0 Å². The van der Waals surface area contributed by atoms with Gasteiger partial charge in [0.15, 0.2) is 0 Å². The molecular formula is C19H20NO3S2-. The topological polar surface area (TPSA) is 60.4 Å². The van der Waals surface area contributed by atoms with Crippen LogP contribution < -0.4 is 5.11 Å². The van der Waals surface area contributed by atoms with E-state index in [0.717, 1.165) is 22.9 Å². The summed E-state index contributed by atoms with van der Waals surface area (Å²) >= 11 is 6.39. The van der Waals surface area contributed by atoms with Gasteiger partial charge >= 0.3 is 0 Å². The van der Waals surface area contributed by atoms with Crippen LogP contribution in [0.3, 0.4) is 0 Å². The Balaban J connectivity index is 2.28. The van der Waals surface area contributed by atoms with Crippen LogP contribution in [0.2, 0.25) is 0 Å². The van der Waals surface area contributed by atoms with Gasteiger partial charge in [0.05, 0.1) is 16.9 Å². The van der Waals surface area contributed by atoms with Gasteiger partial charge in [-0.2, -0.15) is 0 Å². The maximum Gasteiger partial charge on any atom is 0.266 e. The van der Waals surface area contributed by atoms with E-state index < -0.39 is 12.0 Å². The van der Waals surface area contributed by atoms with E-state index in [0.29, 0.717) is 11.3 Å². The summed E-state index contributed by atoms with van der Waals surface area (Å²) < 4.78 is 0.262. The predicted octanol–water partition coefficient (Wildman–Crippen LogP) is 3.00. The Morgan fingerprint density at radius 1 is 1.36 bits per heavy atom. The normalized spacial score (nSPS) is 19.4. The number of rotatable bonds is 6. The number of benzene rings is 1. The quantitative estimate of drug-likeness (QED) is 0.566. The zero-order valence-electron chi connectivity index (χ0n) is 14.4. The summed E-state index contributed by atoms with van der Waals surface area (Å²) in [4.78, 5) is 25.9. The third-order valence-corrected chi connectivity index (χ3v) is 5.41. The molecule has 0 unspecified atom stereocenters. The van der Waals surface area contributed by atoms with Crippen molar-refractivity contribution in [2.24, 2.45) is 5.92 Å². The van der Waals surface area contributed by atoms with E-state index in [1.807, 2.05) is 50.3 Å². The van der Waals surface area contributed by atoms with Crippen molar-refractivity contribution in [1.82, 2.24) is 4.90 Å². The minimum absolute atomic E-state index is 0.243. The van der Waals surface area contributed by atoms with E-state index >= 15 is 0 Å². The molecule has 132 valence electrons. The molecule has 0 saturated carbocycles. The molecule has 1 saturated heterocycles. The van der Waals surface area contributed by atoms with Crippen LogP contribution in [-0.2, 0) is 9.59 Å². The third-order valence-electron chi connectivity index (χ3n) is 4.08. The van der Waals surface area contributed by atoms with Crippen LogP contribution >= 0.6 is 24.0 Å². The van der Waals surface area contributed by atoms with Crippen molar-refractivity contribution in [2.75, 3.05) is 0 Å². The number of carbonyl (C=O) groups excluding carboxylic acids is 2. The van der Waals surface area contributed by atoms with E-state index in [-0.39, 0.29) is 16.1 Å². The summed E-state index contributed by atoms with van der Waals surface area (Å²) in [6.07, 6.45) is 4.31. The van der Waals surface area contributed by atoms with Crippen LogP contribution in [-0.4, -0.2) is 27.1 Å². The van der Waals surface area contributed by atoms with Gasteiger partial charge in [-0.3, -0.25) is 9.69 Å². The molecule has 0 radical (unpaired) electrons. The van der Waals surface area contributed by atoms with Gasteiger partial charge in [-0.15, -0.1) is 0 Å². The van der Waals surface area contributed by atoms with Gasteiger partial charge in [0.2, 0.25) is 0 Å². The van der Waals surface area contributed by atoms with Gasteiger partial charge in [-0.25, -0.2) is 0 Å². The molecule has 0 bridgehead atoms. The van der Waals surface area contributed by atoms with Crippen molar-refractivity contribution < 1.29 is 14.7 Å². The van der Waals surface area contributed by atoms with Crippen molar-refractivity contribution in [3.8, 4) is 0 Å². The number of hydrogen-bond acceptors (Lipinski definition) is 5. The van der Waals surface area contributed by atoms with Crippen LogP contribution in [0.15, 0.2) is 46.9 Å². The van der Waals surface area contributed by atoms with Crippen LogP contribution in [0, 0.1) is 5.92 Å². The highest BCUT2D eigenvalue weighted by Crippen LogP contribution is 2.35.